The van der Waals surface area contributed by atoms with Crippen LogP contribution in [0.2, 0.25) is 0 Å². The normalized spacial score (nSPS) is 15.0. The van der Waals surface area contributed by atoms with Gasteiger partial charge in [-0.1, -0.05) is 18.2 Å². The van der Waals surface area contributed by atoms with Crippen LogP contribution in [0.25, 0.3) is 0 Å². The molecule has 1 heterocycles. The highest BCUT2D eigenvalue weighted by Crippen LogP contribution is 2.21. The van der Waals surface area contributed by atoms with Gasteiger partial charge >= 0.3 is 0 Å². The third-order valence-corrected chi connectivity index (χ3v) is 4.29. The molecule has 0 saturated heterocycles. The Kier molecular flexibility index (Phi) is 5.23. The van der Waals surface area contributed by atoms with E-state index in [-0.39, 0.29) is 6.04 Å². The number of nitrogens with one attached hydrogen (secondary N) is 1. The monoisotopic (exact) mass is 311 g/mol. The van der Waals surface area contributed by atoms with E-state index in [0.29, 0.717) is 13.2 Å². The van der Waals surface area contributed by atoms with Crippen LogP contribution < -0.4 is 10.1 Å². The molecular formula is C19H25N3O. The molecule has 0 aliphatic heterocycles. The Labute approximate surface area is 138 Å². The average molecular weight is 311 g/mol. The molecule has 3 rings (SSSR count). The summed E-state index contributed by atoms with van der Waals surface area (Å²) in [4.78, 5) is 9.41. The Hall–Kier alpha value is -1.94. The molecule has 1 aromatic carbocycles. The van der Waals surface area contributed by atoms with Gasteiger partial charge in [0.25, 0.3) is 0 Å². The van der Waals surface area contributed by atoms with Crippen molar-refractivity contribution < 1.29 is 4.74 Å². The molecule has 0 saturated carbocycles. The second-order valence-corrected chi connectivity index (χ2v) is 6.26. The largest absolute Gasteiger partial charge is 0.492 e. The molecule has 2 aromatic rings. The molecule has 1 aliphatic rings. The lowest BCUT2D eigenvalue weighted by molar-refractivity contribution is 0.271. The van der Waals surface area contributed by atoms with Crippen LogP contribution in [-0.4, -0.2) is 22.6 Å². The van der Waals surface area contributed by atoms with Crippen molar-refractivity contribution in [1.29, 1.82) is 0 Å². The molecule has 4 nitrogen and oxygen atoms in total. The van der Waals surface area contributed by atoms with Crippen LogP contribution in [0.1, 0.15) is 42.5 Å². The van der Waals surface area contributed by atoms with E-state index in [1.165, 1.54) is 24.1 Å². The lowest BCUT2D eigenvalue weighted by Gasteiger charge is -2.19. The number of aromatic nitrogens is 2. The highest BCUT2D eigenvalue weighted by Gasteiger charge is 2.15. The van der Waals surface area contributed by atoms with Crippen LogP contribution in [0, 0.1) is 6.92 Å². The summed E-state index contributed by atoms with van der Waals surface area (Å²) >= 11 is 0. The van der Waals surface area contributed by atoms with E-state index in [1.807, 2.05) is 30.3 Å². The molecule has 4 heteroatoms. The Bertz CT molecular complexity index is 643. The predicted molar refractivity (Wildman–Crippen MR) is 91.6 cm³/mol. The maximum atomic E-state index is 5.77. The van der Waals surface area contributed by atoms with Crippen LogP contribution >= 0.6 is 0 Å². The minimum absolute atomic E-state index is 0.246. The summed E-state index contributed by atoms with van der Waals surface area (Å²) in [6.45, 7) is 5.55. The zero-order valence-corrected chi connectivity index (χ0v) is 14.0. The van der Waals surface area contributed by atoms with Crippen molar-refractivity contribution in [2.45, 2.75) is 52.1 Å². The number of para-hydroxylation sites is 1. The highest BCUT2D eigenvalue weighted by atomic mass is 16.5. The third-order valence-electron chi connectivity index (χ3n) is 4.29. The summed E-state index contributed by atoms with van der Waals surface area (Å²) in [5.41, 5.74) is 3.79. The van der Waals surface area contributed by atoms with E-state index in [0.717, 1.165) is 30.1 Å². The zero-order chi connectivity index (χ0) is 16.1. The summed E-state index contributed by atoms with van der Waals surface area (Å²) in [6.07, 6.45) is 4.74. The SMILES string of the molecule is Cc1nc(CN[C@H](C)COc2ccccc2)nc2c1CCCC2. The van der Waals surface area contributed by atoms with E-state index >= 15 is 0 Å². The maximum Gasteiger partial charge on any atom is 0.142 e. The Balaban J connectivity index is 1.52. The minimum atomic E-state index is 0.246. The van der Waals surface area contributed by atoms with Crippen LogP contribution in [0.4, 0.5) is 0 Å². The number of fused-ring (bicyclic) bond motifs is 1. The van der Waals surface area contributed by atoms with Crippen molar-refractivity contribution in [3.8, 4) is 5.75 Å². The third kappa shape index (κ3) is 4.29. The van der Waals surface area contributed by atoms with Crippen molar-refractivity contribution >= 4 is 0 Å². The van der Waals surface area contributed by atoms with E-state index in [4.69, 9.17) is 9.72 Å². The fourth-order valence-corrected chi connectivity index (χ4v) is 2.99. The van der Waals surface area contributed by atoms with Gasteiger partial charge in [0.05, 0.1) is 6.54 Å². The molecule has 0 unspecified atom stereocenters. The molecule has 122 valence electrons. The molecule has 1 aromatic heterocycles. The Morgan fingerprint density at radius 3 is 2.74 bits per heavy atom. The van der Waals surface area contributed by atoms with Crippen molar-refractivity contribution in [3.63, 3.8) is 0 Å². The van der Waals surface area contributed by atoms with Gasteiger partial charge in [-0.25, -0.2) is 9.97 Å². The summed E-state index contributed by atoms with van der Waals surface area (Å²) < 4.78 is 5.77. The van der Waals surface area contributed by atoms with E-state index in [2.05, 4.69) is 24.1 Å². The van der Waals surface area contributed by atoms with E-state index < -0.39 is 0 Å². The van der Waals surface area contributed by atoms with Gasteiger partial charge in [-0.2, -0.15) is 0 Å². The standard InChI is InChI=1S/C19H25N3O/c1-14(13-23-16-8-4-3-5-9-16)20-12-19-21-15(2)17-10-6-7-11-18(17)22-19/h3-5,8-9,14,20H,6-7,10-13H2,1-2H3/t14-/m1/s1. The van der Waals surface area contributed by atoms with Crippen LogP contribution in [0.3, 0.4) is 0 Å². The Morgan fingerprint density at radius 2 is 1.91 bits per heavy atom. The van der Waals surface area contributed by atoms with E-state index in [1.54, 1.807) is 0 Å². The molecule has 1 aliphatic carbocycles. The molecule has 23 heavy (non-hydrogen) atoms. The highest BCUT2D eigenvalue weighted by molar-refractivity contribution is 5.27. The van der Waals surface area contributed by atoms with Gasteiger partial charge in [0, 0.05) is 17.4 Å². The molecule has 1 N–H and O–H groups in total. The average Bonchev–Trinajstić information content (AvgIpc) is 2.59. The van der Waals surface area contributed by atoms with Crippen LogP contribution in [-0.2, 0) is 19.4 Å². The first-order valence-corrected chi connectivity index (χ1v) is 8.49. The molecule has 0 spiro atoms. The maximum absolute atomic E-state index is 5.77. The molecule has 0 fully saturated rings. The topological polar surface area (TPSA) is 47.0 Å². The predicted octanol–water partition coefficient (Wildman–Crippen LogP) is 3.22. The second kappa shape index (κ2) is 7.55. The van der Waals surface area contributed by atoms with Gasteiger partial charge in [0.15, 0.2) is 0 Å². The van der Waals surface area contributed by atoms with Gasteiger partial charge in [0.2, 0.25) is 0 Å². The van der Waals surface area contributed by atoms with Gasteiger partial charge in [-0.3, -0.25) is 0 Å². The van der Waals surface area contributed by atoms with E-state index in [9.17, 15) is 0 Å². The fourth-order valence-electron chi connectivity index (χ4n) is 2.99. The molecule has 0 bridgehead atoms. The number of hydrogen-bond donors (Lipinski definition) is 1. The van der Waals surface area contributed by atoms with Crippen molar-refractivity contribution in [3.05, 3.63) is 53.1 Å². The lowest BCUT2D eigenvalue weighted by Crippen LogP contribution is -2.32. The van der Waals surface area contributed by atoms with Gasteiger partial charge in [0.1, 0.15) is 18.2 Å². The fraction of sp³-hybridized carbons (Fsp3) is 0.474. The van der Waals surface area contributed by atoms with Crippen molar-refractivity contribution in [2.24, 2.45) is 0 Å². The lowest BCUT2D eigenvalue weighted by atomic mass is 9.95. The number of ether oxygens (including phenoxy) is 1. The summed E-state index contributed by atoms with van der Waals surface area (Å²) in [7, 11) is 0. The van der Waals surface area contributed by atoms with Gasteiger partial charge in [-0.15, -0.1) is 0 Å². The number of rotatable bonds is 6. The minimum Gasteiger partial charge on any atom is -0.492 e. The second-order valence-electron chi connectivity index (χ2n) is 6.26. The first-order valence-electron chi connectivity index (χ1n) is 8.49. The number of aryl methyl sites for hydroxylation is 2. The first-order chi connectivity index (χ1) is 11.2. The smallest absolute Gasteiger partial charge is 0.142 e. The van der Waals surface area contributed by atoms with Crippen molar-refractivity contribution in [2.75, 3.05) is 6.61 Å². The quantitative estimate of drug-likeness (QED) is 0.890. The summed E-state index contributed by atoms with van der Waals surface area (Å²) in [5.74, 6) is 1.80. The number of nitrogens with zero attached hydrogens (tertiary/aromatic N) is 2. The number of benzene rings is 1. The first kappa shape index (κ1) is 15.9. The molecule has 0 radical (unpaired) electrons. The summed E-state index contributed by atoms with van der Waals surface area (Å²) in [5, 5.41) is 3.45. The van der Waals surface area contributed by atoms with Gasteiger partial charge in [-0.05, 0) is 57.2 Å². The Morgan fingerprint density at radius 1 is 1.13 bits per heavy atom. The van der Waals surface area contributed by atoms with Gasteiger partial charge < -0.3 is 10.1 Å². The number of hydrogen-bond acceptors (Lipinski definition) is 4. The summed E-state index contributed by atoms with van der Waals surface area (Å²) in [6, 6.07) is 10.2. The molecular weight excluding hydrogens is 286 g/mol. The van der Waals surface area contributed by atoms with Crippen molar-refractivity contribution in [1.82, 2.24) is 15.3 Å². The van der Waals surface area contributed by atoms with Crippen LogP contribution in [0.15, 0.2) is 30.3 Å². The zero-order valence-electron chi connectivity index (χ0n) is 14.0. The molecule has 0 amide bonds. The van der Waals surface area contributed by atoms with Crippen LogP contribution in [0.5, 0.6) is 5.75 Å². The molecule has 1 atom stereocenters.